The predicted molar refractivity (Wildman–Crippen MR) is 79.6 cm³/mol. The second-order valence-electron chi connectivity index (χ2n) is 7.63. The normalized spacial score (nSPS) is 43.4. The first-order valence-electron chi connectivity index (χ1n) is 8.16. The molecule has 1 saturated carbocycles. The number of likely N-dealkylation sites (N-methyl/N-ethyl adjacent to an activating group) is 1. The molecule has 3 aliphatic rings. The lowest BCUT2D eigenvalue weighted by molar-refractivity contribution is -0.163. The zero-order valence-electron chi connectivity index (χ0n) is 13.2. The lowest BCUT2D eigenvalue weighted by atomic mass is 9.48. The first kappa shape index (κ1) is 14.8. The average Bonchev–Trinajstić information content (AvgIpc) is 2.88. The molecule has 0 spiro atoms. The van der Waals surface area contributed by atoms with Gasteiger partial charge in [-0.25, -0.2) is 0 Å². The molecule has 4 heteroatoms. The third kappa shape index (κ3) is 2.21. The molecular weight excluding hydrogens is 252 g/mol. The van der Waals surface area contributed by atoms with Crippen molar-refractivity contribution in [3.8, 4) is 0 Å². The van der Waals surface area contributed by atoms with Gasteiger partial charge in [-0.3, -0.25) is 0 Å². The van der Waals surface area contributed by atoms with E-state index in [0.29, 0.717) is 18.1 Å². The molecule has 2 aliphatic heterocycles. The Morgan fingerprint density at radius 3 is 2.65 bits per heavy atom. The summed E-state index contributed by atoms with van der Waals surface area (Å²) in [6.45, 7) is 8.30. The fourth-order valence-electron chi connectivity index (χ4n) is 4.61. The Labute approximate surface area is 123 Å². The molecule has 0 aromatic rings. The zero-order chi connectivity index (χ0) is 14.4. The van der Waals surface area contributed by atoms with E-state index < -0.39 is 0 Å². The third-order valence-electron chi connectivity index (χ3n) is 5.99. The second-order valence-corrected chi connectivity index (χ2v) is 7.63. The minimum atomic E-state index is -0.114. The summed E-state index contributed by atoms with van der Waals surface area (Å²) in [4.78, 5) is 2.38. The van der Waals surface area contributed by atoms with Crippen LogP contribution in [0, 0.1) is 11.3 Å². The topological polar surface area (TPSA) is 47.7 Å². The third-order valence-corrected chi connectivity index (χ3v) is 5.99. The Balaban J connectivity index is 1.58. The Hall–Kier alpha value is -0.160. The quantitative estimate of drug-likeness (QED) is 0.851. The van der Waals surface area contributed by atoms with E-state index in [1.165, 1.54) is 19.3 Å². The van der Waals surface area contributed by atoms with E-state index >= 15 is 0 Å². The van der Waals surface area contributed by atoms with Crippen molar-refractivity contribution in [3.63, 3.8) is 0 Å². The van der Waals surface area contributed by atoms with Gasteiger partial charge in [0.25, 0.3) is 0 Å². The predicted octanol–water partition coefficient (Wildman–Crippen LogP) is 1.63. The lowest BCUT2D eigenvalue weighted by Crippen LogP contribution is -2.78. The molecule has 0 aromatic carbocycles. The summed E-state index contributed by atoms with van der Waals surface area (Å²) in [5.74, 6) is 0.534. The Morgan fingerprint density at radius 1 is 1.15 bits per heavy atom. The molecule has 0 aromatic heterocycles. The summed E-state index contributed by atoms with van der Waals surface area (Å²) in [5.41, 5.74) is 6.78. The van der Waals surface area contributed by atoms with Gasteiger partial charge in [0.15, 0.2) is 0 Å². The van der Waals surface area contributed by atoms with E-state index in [-0.39, 0.29) is 11.0 Å². The van der Waals surface area contributed by atoms with Gasteiger partial charge in [-0.2, -0.15) is 0 Å². The Morgan fingerprint density at radius 2 is 1.95 bits per heavy atom. The van der Waals surface area contributed by atoms with Gasteiger partial charge in [-0.1, -0.05) is 13.8 Å². The number of fused-ring (bicyclic) bond motifs is 1. The molecular formula is C16H30N2O2. The number of nitrogens with two attached hydrogens (primary N) is 1. The number of ether oxygens (including phenoxy) is 2. The van der Waals surface area contributed by atoms with Crippen LogP contribution in [0.4, 0.5) is 0 Å². The maximum absolute atomic E-state index is 6.81. The van der Waals surface area contributed by atoms with Gasteiger partial charge in [0, 0.05) is 43.2 Å². The van der Waals surface area contributed by atoms with Gasteiger partial charge in [0.1, 0.15) is 0 Å². The molecule has 1 aliphatic carbocycles. The standard InChI is InChI=1S/C16H30N2O2/c1-15(2)14-13(7-9-20-14)16(15,17)11-18(3)10-12-6-4-5-8-19-12/h12-14H,4-11,17H2,1-3H3. The smallest absolute Gasteiger partial charge is 0.0701 e. The molecule has 0 amide bonds. The molecule has 2 N–H and O–H groups in total. The summed E-state index contributed by atoms with van der Waals surface area (Å²) in [6.07, 6.45) is 5.60. The minimum Gasteiger partial charge on any atom is -0.377 e. The van der Waals surface area contributed by atoms with Gasteiger partial charge in [-0.15, -0.1) is 0 Å². The van der Waals surface area contributed by atoms with Crippen LogP contribution in [-0.2, 0) is 9.47 Å². The van der Waals surface area contributed by atoms with Crippen LogP contribution in [0.1, 0.15) is 39.5 Å². The van der Waals surface area contributed by atoms with Crippen LogP contribution < -0.4 is 5.73 Å². The Kier molecular flexibility index (Phi) is 3.87. The van der Waals surface area contributed by atoms with Gasteiger partial charge in [-0.05, 0) is 32.7 Å². The van der Waals surface area contributed by atoms with Gasteiger partial charge in [0.05, 0.1) is 12.2 Å². The molecule has 4 atom stereocenters. The summed E-state index contributed by atoms with van der Waals surface area (Å²) in [5, 5.41) is 0. The van der Waals surface area contributed by atoms with E-state index in [1.54, 1.807) is 0 Å². The number of hydrogen-bond acceptors (Lipinski definition) is 4. The van der Waals surface area contributed by atoms with Crippen molar-refractivity contribution in [3.05, 3.63) is 0 Å². The maximum Gasteiger partial charge on any atom is 0.0701 e. The molecule has 0 radical (unpaired) electrons. The fraction of sp³-hybridized carbons (Fsp3) is 1.00. The van der Waals surface area contributed by atoms with Crippen LogP contribution in [-0.4, -0.2) is 56.0 Å². The van der Waals surface area contributed by atoms with Crippen LogP contribution in [0.3, 0.4) is 0 Å². The van der Waals surface area contributed by atoms with Crippen LogP contribution in [0.5, 0.6) is 0 Å². The molecule has 116 valence electrons. The molecule has 3 rings (SSSR count). The summed E-state index contributed by atoms with van der Waals surface area (Å²) < 4.78 is 11.7. The van der Waals surface area contributed by atoms with Crippen molar-refractivity contribution < 1.29 is 9.47 Å². The SMILES string of the molecule is CN(CC1CCCCO1)CC1(N)C2CCOC2C1(C)C. The van der Waals surface area contributed by atoms with E-state index in [9.17, 15) is 0 Å². The van der Waals surface area contributed by atoms with E-state index in [2.05, 4.69) is 25.8 Å². The van der Waals surface area contributed by atoms with Crippen molar-refractivity contribution in [2.24, 2.45) is 17.1 Å². The molecule has 0 bridgehead atoms. The van der Waals surface area contributed by atoms with Crippen LogP contribution in [0.15, 0.2) is 0 Å². The molecule has 3 fully saturated rings. The van der Waals surface area contributed by atoms with E-state index in [1.807, 2.05) is 0 Å². The fourth-order valence-corrected chi connectivity index (χ4v) is 4.61. The number of hydrogen-bond donors (Lipinski definition) is 1. The largest absolute Gasteiger partial charge is 0.377 e. The van der Waals surface area contributed by atoms with Crippen molar-refractivity contribution in [1.29, 1.82) is 0 Å². The number of nitrogens with zero attached hydrogens (tertiary/aromatic N) is 1. The van der Waals surface area contributed by atoms with E-state index in [0.717, 1.165) is 32.7 Å². The minimum absolute atomic E-state index is 0.0792. The van der Waals surface area contributed by atoms with Crippen molar-refractivity contribution in [2.75, 3.05) is 33.4 Å². The maximum atomic E-state index is 6.81. The molecule has 4 nitrogen and oxygen atoms in total. The number of rotatable bonds is 4. The van der Waals surface area contributed by atoms with Crippen molar-refractivity contribution in [1.82, 2.24) is 4.90 Å². The monoisotopic (exact) mass is 282 g/mol. The van der Waals surface area contributed by atoms with Gasteiger partial charge in [0.2, 0.25) is 0 Å². The highest BCUT2D eigenvalue weighted by Crippen LogP contribution is 2.58. The van der Waals surface area contributed by atoms with Crippen molar-refractivity contribution in [2.45, 2.75) is 57.3 Å². The summed E-state index contributed by atoms with van der Waals surface area (Å²) >= 11 is 0. The summed E-state index contributed by atoms with van der Waals surface area (Å²) in [7, 11) is 2.19. The van der Waals surface area contributed by atoms with E-state index in [4.69, 9.17) is 15.2 Å². The van der Waals surface area contributed by atoms with Gasteiger partial charge >= 0.3 is 0 Å². The van der Waals surface area contributed by atoms with Crippen LogP contribution >= 0.6 is 0 Å². The van der Waals surface area contributed by atoms with Crippen LogP contribution in [0.2, 0.25) is 0 Å². The lowest BCUT2D eigenvalue weighted by Gasteiger charge is -2.63. The average molecular weight is 282 g/mol. The molecule has 2 saturated heterocycles. The highest BCUT2D eigenvalue weighted by molar-refractivity contribution is 5.21. The Bertz CT molecular complexity index is 354. The molecule has 20 heavy (non-hydrogen) atoms. The molecule has 2 heterocycles. The molecule has 4 unspecified atom stereocenters. The zero-order valence-corrected chi connectivity index (χ0v) is 13.2. The highest BCUT2D eigenvalue weighted by atomic mass is 16.5. The first-order chi connectivity index (χ1) is 9.45. The first-order valence-corrected chi connectivity index (χ1v) is 8.16. The van der Waals surface area contributed by atoms with Crippen molar-refractivity contribution >= 4 is 0 Å². The highest BCUT2D eigenvalue weighted by Gasteiger charge is 2.67. The summed E-state index contributed by atoms with van der Waals surface area (Å²) in [6, 6.07) is 0. The van der Waals surface area contributed by atoms with Gasteiger partial charge < -0.3 is 20.1 Å². The van der Waals surface area contributed by atoms with Crippen LogP contribution in [0.25, 0.3) is 0 Å². The second kappa shape index (κ2) is 5.24.